The van der Waals surface area contributed by atoms with E-state index in [1.165, 1.54) is 28.0 Å². The van der Waals surface area contributed by atoms with E-state index in [1.54, 1.807) is 0 Å². The molecule has 1 aromatic carbocycles. The molecule has 92 valence electrons. The van der Waals surface area contributed by atoms with Crippen LogP contribution in [0.3, 0.4) is 0 Å². The van der Waals surface area contributed by atoms with E-state index >= 15 is 0 Å². The minimum Gasteiger partial charge on any atom is -0.285 e. The van der Waals surface area contributed by atoms with Crippen molar-refractivity contribution in [1.29, 1.82) is 0 Å². The maximum absolute atomic E-state index is 5.64. The van der Waals surface area contributed by atoms with Crippen LogP contribution >= 0.6 is 11.3 Å². The molecule has 0 spiro atoms. The van der Waals surface area contributed by atoms with E-state index in [0.29, 0.717) is 4.91 Å². The molecular weight excluding hydrogens is 255 g/mol. The van der Waals surface area contributed by atoms with Gasteiger partial charge in [0, 0.05) is 17.3 Å². The quantitative estimate of drug-likeness (QED) is 0.722. The first-order valence-electron chi connectivity index (χ1n) is 5.85. The van der Waals surface area contributed by atoms with E-state index in [0.717, 1.165) is 16.1 Å². The van der Waals surface area contributed by atoms with Crippen molar-refractivity contribution in [2.45, 2.75) is 13.8 Å². The number of H-pyrrole nitrogens is 1. The lowest BCUT2D eigenvalue weighted by Crippen LogP contribution is -1.97. The molecule has 0 bridgehead atoms. The van der Waals surface area contributed by atoms with E-state index in [9.17, 15) is 0 Å². The zero-order valence-electron chi connectivity index (χ0n) is 10.6. The summed E-state index contributed by atoms with van der Waals surface area (Å²) in [5.41, 5.74) is 5.75. The number of aromatic nitrogens is 4. The Bertz CT molecular complexity index is 718. The molecule has 4 nitrogen and oxygen atoms in total. The monoisotopic (exact) mass is 266 g/mol. The molecule has 0 aliphatic rings. The molecule has 19 heavy (non-hydrogen) atoms. The van der Waals surface area contributed by atoms with Crippen molar-refractivity contribution in [1.82, 2.24) is 20.4 Å². The molecule has 0 aliphatic heterocycles. The first-order chi connectivity index (χ1) is 9.16. The molecule has 0 saturated heterocycles. The van der Waals surface area contributed by atoms with Crippen molar-refractivity contribution in [3.05, 3.63) is 35.7 Å². The van der Waals surface area contributed by atoms with Crippen molar-refractivity contribution in [2.24, 2.45) is 0 Å². The SMILES string of the molecule is [B]c1nnc(-c2ccc(-c3cn[nH]c3)c(C)c2C)s1. The Morgan fingerprint density at radius 2 is 1.84 bits per heavy atom. The van der Waals surface area contributed by atoms with Crippen LogP contribution in [0.4, 0.5) is 0 Å². The second kappa shape index (κ2) is 4.62. The van der Waals surface area contributed by atoms with Gasteiger partial charge in [-0.3, -0.25) is 5.10 Å². The van der Waals surface area contributed by atoms with Crippen LogP contribution in [-0.2, 0) is 0 Å². The van der Waals surface area contributed by atoms with Crippen molar-refractivity contribution in [3.63, 3.8) is 0 Å². The Labute approximate surface area is 116 Å². The third kappa shape index (κ3) is 2.08. The molecule has 6 heteroatoms. The Morgan fingerprint density at radius 1 is 1.11 bits per heavy atom. The van der Waals surface area contributed by atoms with Gasteiger partial charge in [0.25, 0.3) is 0 Å². The molecule has 0 unspecified atom stereocenters. The van der Waals surface area contributed by atoms with Gasteiger partial charge in [-0.15, -0.1) is 16.4 Å². The van der Waals surface area contributed by atoms with Gasteiger partial charge in [-0.05, 0) is 30.5 Å². The number of nitrogens with zero attached hydrogens (tertiary/aromatic N) is 3. The fourth-order valence-electron chi connectivity index (χ4n) is 2.11. The molecule has 0 aliphatic carbocycles. The van der Waals surface area contributed by atoms with Crippen LogP contribution in [0, 0.1) is 13.8 Å². The van der Waals surface area contributed by atoms with Gasteiger partial charge in [-0.1, -0.05) is 12.1 Å². The molecule has 0 saturated carbocycles. The van der Waals surface area contributed by atoms with Gasteiger partial charge in [0.1, 0.15) is 5.01 Å². The van der Waals surface area contributed by atoms with Crippen LogP contribution < -0.4 is 4.91 Å². The van der Waals surface area contributed by atoms with Gasteiger partial charge in [0.15, 0.2) is 7.85 Å². The Morgan fingerprint density at radius 3 is 2.47 bits per heavy atom. The van der Waals surface area contributed by atoms with Gasteiger partial charge in [0.05, 0.1) is 11.1 Å². The lowest BCUT2D eigenvalue weighted by Gasteiger charge is -2.10. The number of hydrogen-bond donors (Lipinski definition) is 1. The zero-order chi connectivity index (χ0) is 13.4. The molecular formula is C13H11BN4S. The Hall–Kier alpha value is -1.95. The maximum atomic E-state index is 5.64. The minimum absolute atomic E-state index is 0.492. The van der Waals surface area contributed by atoms with Gasteiger partial charge < -0.3 is 0 Å². The molecule has 0 atom stereocenters. The van der Waals surface area contributed by atoms with Gasteiger partial charge in [-0.2, -0.15) is 10.2 Å². The maximum Gasteiger partial charge on any atom is 0.159 e. The van der Waals surface area contributed by atoms with Crippen molar-refractivity contribution in [3.8, 4) is 21.7 Å². The predicted molar refractivity (Wildman–Crippen MR) is 77.8 cm³/mol. The lowest BCUT2D eigenvalue weighted by molar-refractivity contribution is 1.09. The fraction of sp³-hybridized carbons (Fsp3) is 0.154. The topological polar surface area (TPSA) is 54.5 Å². The molecule has 1 N–H and O–H groups in total. The molecule has 2 aromatic heterocycles. The highest BCUT2D eigenvalue weighted by Crippen LogP contribution is 2.32. The average Bonchev–Trinajstić information content (AvgIpc) is 3.04. The summed E-state index contributed by atoms with van der Waals surface area (Å²) in [6.45, 7) is 4.19. The van der Waals surface area contributed by atoms with Crippen LogP contribution in [0.25, 0.3) is 21.7 Å². The highest BCUT2D eigenvalue weighted by atomic mass is 32.1. The third-order valence-corrected chi connectivity index (χ3v) is 4.05. The highest BCUT2D eigenvalue weighted by molar-refractivity contribution is 7.22. The van der Waals surface area contributed by atoms with Crippen LogP contribution in [0.15, 0.2) is 24.5 Å². The summed E-state index contributed by atoms with van der Waals surface area (Å²) in [5, 5.41) is 15.7. The second-order valence-electron chi connectivity index (χ2n) is 4.34. The summed E-state index contributed by atoms with van der Waals surface area (Å²) in [5.74, 6) is 0. The molecule has 0 amide bonds. The van der Waals surface area contributed by atoms with Crippen LogP contribution in [0.2, 0.25) is 0 Å². The summed E-state index contributed by atoms with van der Waals surface area (Å²) in [7, 11) is 5.64. The van der Waals surface area contributed by atoms with Gasteiger partial charge in [0.2, 0.25) is 0 Å². The Balaban J connectivity index is 2.13. The van der Waals surface area contributed by atoms with E-state index in [4.69, 9.17) is 7.85 Å². The van der Waals surface area contributed by atoms with E-state index in [-0.39, 0.29) is 0 Å². The average molecular weight is 266 g/mol. The van der Waals surface area contributed by atoms with Crippen molar-refractivity contribution >= 4 is 24.1 Å². The smallest absolute Gasteiger partial charge is 0.159 e. The van der Waals surface area contributed by atoms with Crippen LogP contribution in [0.1, 0.15) is 11.1 Å². The number of benzene rings is 1. The fourth-order valence-corrected chi connectivity index (χ4v) is 2.80. The molecule has 2 heterocycles. The summed E-state index contributed by atoms with van der Waals surface area (Å²) in [6, 6.07) is 4.14. The minimum atomic E-state index is 0.492. The van der Waals surface area contributed by atoms with E-state index in [1.807, 2.05) is 12.4 Å². The van der Waals surface area contributed by atoms with Crippen LogP contribution in [0.5, 0.6) is 0 Å². The lowest BCUT2D eigenvalue weighted by atomic mass is 9.95. The van der Waals surface area contributed by atoms with Crippen molar-refractivity contribution in [2.75, 3.05) is 0 Å². The normalized spacial score (nSPS) is 10.8. The standard InChI is InChI=1S/C13H11BN4S/c1-7-8(2)11(12-17-18-13(14)19-12)4-3-10(7)9-5-15-16-6-9/h3-6H,1-2H3,(H,15,16). The summed E-state index contributed by atoms with van der Waals surface area (Å²) in [6.07, 6.45) is 3.72. The first kappa shape index (κ1) is 12.1. The number of nitrogens with one attached hydrogen (secondary N) is 1. The first-order valence-corrected chi connectivity index (χ1v) is 6.67. The van der Waals surface area contributed by atoms with Gasteiger partial charge >= 0.3 is 0 Å². The second-order valence-corrected chi connectivity index (χ2v) is 5.35. The number of aromatic amines is 1. The van der Waals surface area contributed by atoms with Gasteiger partial charge in [-0.25, -0.2) is 0 Å². The van der Waals surface area contributed by atoms with Crippen molar-refractivity contribution < 1.29 is 0 Å². The largest absolute Gasteiger partial charge is 0.285 e. The summed E-state index contributed by atoms with van der Waals surface area (Å²) >= 11 is 1.40. The highest BCUT2D eigenvalue weighted by Gasteiger charge is 2.12. The molecule has 3 aromatic rings. The number of hydrogen-bond acceptors (Lipinski definition) is 4. The summed E-state index contributed by atoms with van der Waals surface area (Å²) in [4.78, 5) is 0.492. The predicted octanol–water partition coefficient (Wildman–Crippen LogP) is 2.01. The molecule has 0 fully saturated rings. The van der Waals surface area contributed by atoms with E-state index in [2.05, 4.69) is 46.4 Å². The van der Waals surface area contributed by atoms with Crippen LogP contribution in [-0.4, -0.2) is 28.2 Å². The number of rotatable bonds is 2. The summed E-state index contributed by atoms with van der Waals surface area (Å²) < 4.78 is 0. The molecule has 2 radical (unpaired) electrons. The van der Waals surface area contributed by atoms with E-state index < -0.39 is 0 Å². The zero-order valence-corrected chi connectivity index (χ0v) is 11.5. The third-order valence-electron chi connectivity index (χ3n) is 3.27. The molecule has 3 rings (SSSR count). The Kier molecular flexibility index (Phi) is 2.95.